The standard InChI is InChI=1S/C16H22N4O.2ClH/c1-4-17-9-10-19-16(21)14-11-12(2)20(13(14)3)15-7-5-6-8-18-15;;/h5-8,11,17H,4,9-10H2,1-3H3,(H,19,21);2*1H. The first kappa shape index (κ1) is 21.4. The highest BCUT2D eigenvalue weighted by Gasteiger charge is 2.16. The molecule has 0 aliphatic carbocycles. The molecular formula is C16H24Cl2N4O. The highest BCUT2D eigenvalue weighted by Crippen LogP contribution is 2.19. The van der Waals surface area contributed by atoms with Crippen molar-refractivity contribution in [3.63, 3.8) is 0 Å². The van der Waals surface area contributed by atoms with Crippen LogP contribution in [-0.2, 0) is 0 Å². The predicted octanol–water partition coefficient (Wildman–Crippen LogP) is 2.67. The molecule has 0 bridgehead atoms. The zero-order chi connectivity index (χ0) is 15.2. The van der Waals surface area contributed by atoms with Crippen LogP contribution in [0.5, 0.6) is 0 Å². The van der Waals surface area contributed by atoms with Crippen molar-refractivity contribution in [1.82, 2.24) is 20.2 Å². The summed E-state index contributed by atoms with van der Waals surface area (Å²) >= 11 is 0. The second-order valence-electron chi connectivity index (χ2n) is 4.92. The fraction of sp³-hybridized carbons (Fsp3) is 0.375. The van der Waals surface area contributed by atoms with Crippen molar-refractivity contribution in [2.24, 2.45) is 0 Å². The summed E-state index contributed by atoms with van der Waals surface area (Å²) < 4.78 is 2.00. The number of nitrogens with one attached hydrogen (secondary N) is 2. The average Bonchev–Trinajstić information content (AvgIpc) is 2.79. The Balaban J connectivity index is 0.00000242. The number of carbonyl (C=O) groups excluding carboxylic acids is 1. The Morgan fingerprint density at radius 3 is 2.57 bits per heavy atom. The minimum Gasteiger partial charge on any atom is -0.351 e. The molecule has 2 heterocycles. The Labute approximate surface area is 149 Å². The molecule has 0 atom stereocenters. The van der Waals surface area contributed by atoms with Crippen LogP contribution in [0.4, 0.5) is 0 Å². The van der Waals surface area contributed by atoms with Gasteiger partial charge in [0.05, 0.1) is 5.56 Å². The van der Waals surface area contributed by atoms with Gasteiger partial charge in [-0.25, -0.2) is 4.98 Å². The van der Waals surface area contributed by atoms with E-state index in [0.29, 0.717) is 12.1 Å². The van der Waals surface area contributed by atoms with Gasteiger partial charge in [0.25, 0.3) is 5.91 Å². The summed E-state index contributed by atoms with van der Waals surface area (Å²) in [5.41, 5.74) is 2.62. The Morgan fingerprint density at radius 1 is 1.22 bits per heavy atom. The Morgan fingerprint density at radius 2 is 1.96 bits per heavy atom. The number of rotatable bonds is 6. The quantitative estimate of drug-likeness (QED) is 0.780. The fourth-order valence-corrected chi connectivity index (χ4v) is 2.37. The lowest BCUT2D eigenvalue weighted by atomic mass is 10.2. The van der Waals surface area contributed by atoms with E-state index in [2.05, 4.69) is 15.6 Å². The van der Waals surface area contributed by atoms with Gasteiger partial charge in [-0.1, -0.05) is 13.0 Å². The molecule has 5 nitrogen and oxygen atoms in total. The number of pyridine rings is 1. The van der Waals surface area contributed by atoms with Gasteiger partial charge in [-0.15, -0.1) is 24.8 Å². The maximum absolute atomic E-state index is 12.3. The molecule has 2 N–H and O–H groups in total. The summed E-state index contributed by atoms with van der Waals surface area (Å²) in [6.07, 6.45) is 1.75. The third-order valence-electron chi connectivity index (χ3n) is 3.39. The van der Waals surface area contributed by atoms with Crippen LogP contribution in [0.1, 0.15) is 28.7 Å². The molecule has 7 heteroatoms. The van der Waals surface area contributed by atoms with Crippen molar-refractivity contribution < 1.29 is 4.79 Å². The van der Waals surface area contributed by atoms with Gasteiger partial charge in [-0.2, -0.15) is 0 Å². The lowest BCUT2D eigenvalue weighted by Gasteiger charge is -2.09. The number of aromatic nitrogens is 2. The smallest absolute Gasteiger partial charge is 0.253 e. The Kier molecular flexibility index (Phi) is 9.56. The molecule has 0 aliphatic heterocycles. The van der Waals surface area contributed by atoms with Gasteiger partial charge in [0.1, 0.15) is 5.82 Å². The lowest BCUT2D eigenvalue weighted by Crippen LogP contribution is -2.31. The number of carbonyl (C=O) groups is 1. The highest BCUT2D eigenvalue weighted by molar-refractivity contribution is 5.95. The molecule has 0 saturated carbocycles. The van der Waals surface area contributed by atoms with E-state index in [-0.39, 0.29) is 30.7 Å². The zero-order valence-corrected chi connectivity index (χ0v) is 15.3. The number of nitrogens with zero attached hydrogens (tertiary/aromatic N) is 2. The van der Waals surface area contributed by atoms with E-state index >= 15 is 0 Å². The lowest BCUT2D eigenvalue weighted by molar-refractivity contribution is 0.0953. The second-order valence-corrected chi connectivity index (χ2v) is 4.92. The zero-order valence-electron chi connectivity index (χ0n) is 13.6. The first-order valence-electron chi connectivity index (χ1n) is 7.24. The largest absolute Gasteiger partial charge is 0.351 e. The van der Waals surface area contributed by atoms with Crippen LogP contribution in [0, 0.1) is 13.8 Å². The number of hydrogen-bond donors (Lipinski definition) is 2. The van der Waals surface area contributed by atoms with Gasteiger partial charge in [-0.3, -0.25) is 4.79 Å². The predicted molar refractivity (Wildman–Crippen MR) is 98.4 cm³/mol. The summed E-state index contributed by atoms with van der Waals surface area (Å²) in [5, 5.41) is 6.11. The highest BCUT2D eigenvalue weighted by atomic mass is 35.5. The molecule has 128 valence electrons. The van der Waals surface area contributed by atoms with Gasteiger partial charge in [-0.05, 0) is 38.6 Å². The topological polar surface area (TPSA) is 58.9 Å². The SMILES string of the molecule is CCNCCNC(=O)c1cc(C)n(-c2ccccn2)c1C.Cl.Cl. The normalized spacial score (nSPS) is 9.70. The van der Waals surface area contributed by atoms with Crippen LogP contribution in [0.15, 0.2) is 30.5 Å². The van der Waals surface area contributed by atoms with E-state index in [1.807, 2.05) is 49.6 Å². The summed E-state index contributed by atoms with van der Waals surface area (Å²) in [4.78, 5) is 16.6. The number of aryl methyl sites for hydroxylation is 1. The van der Waals surface area contributed by atoms with Crippen LogP contribution < -0.4 is 10.6 Å². The number of likely N-dealkylation sites (N-methyl/N-ethyl adjacent to an activating group) is 1. The second kappa shape index (κ2) is 10.3. The van der Waals surface area contributed by atoms with E-state index in [1.165, 1.54) is 0 Å². The molecule has 0 unspecified atom stereocenters. The first-order valence-corrected chi connectivity index (χ1v) is 7.24. The summed E-state index contributed by atoms with van der Waals surface area (Å²) in [5.74, 6) is 0.794. The number of hydrogen-bond acceptors (Lipinski definition) is 3. The average molecular weight is 359 g/mol. The van der Waals surface area contributed by atoms with E-state index in [4.69, 9.17) is 0 Å². The fourth-order valence-electron chi connectivity index (χ4n) is 2.37. The van der Waals surface area contributed by atoms with Gasteiger partial charge >= 0.3 is 0 Å². The van der Waals surface area contributed by atoms with Gasteiger partial charge in [0.2, 0.25) is 0 Å². The summed E-state index contributed by atoms with van der Waals surface area (Å²) in [7, 11) is 0. The van der Waals surface area contributed by atoms with Crippen LogP contribution in [-0.4, -0.2) is 35.1 Å². The molecular weight excluding hydrogens is 335 g/mol. The van der Waals surface area contributed by atoms with E-state index in [9.17, 15) is 4.79 Å². The van der Waals surface area contributed by atoms with Gasteiger partial charge in [0.15, 0.2) is 0 Å². The third-order valence-corrected chi connectivity index (χ3v) is 3.39. The summed E-state index contributed by atoms with van der Waals surface area (Å²) in [6, 6.07) is 7.67. The van der Waals surface area contributed by atoms with Crippen LogP contribution >= 0.6 is 24.8 Å². The van der Waals surface area contributed by atoms with Crippen molar-refractivity contribution >= 4 is 30.7 Å². The van der Waals surface area contributed by atoms with Crippen LogP contribution in [0.2, 0.25) is 0 Å². The molecule has 2 aromatic heterocycles. The van der Waals surface area contributed by atoms with E-state index in [0.717, 1.165) is 30.3 Å². The van der Waals surface area contributed by atoms with Crippen molar-refractivity contribution in [2.45, 2.75) is 20.8 Å². The molecule has 0 radical (unpaired) electrons. The van der Waals surface area contributed by atoms with Crippen molar-refractivity contribution in [3.05, 3.63) is 47.4 Å². The van der Waals surface area contributed by atoms with E-state index in [1.54, 1.807) is 6.20 Å². The maximum atomic E-state index is 12.3. The van der Waals surface area contributed by atoms with Gasteiger partial charge < -0.3 is 15.2 Å². The first-order chi connectivity index (χ1) is 10.1. The van der Waals surface area contributed by atoms with Gasteiger partial charge in [0, 0.05) is 30.7 Å². The minimum atomic E-state index is -0.0387. The van der Waals surface area contributed by atoms with Crippen molar-refractivity contribution in [1.29, 1.82) is 0 Å². The molecule has 0 saturated heterocycles. The Bertz CT molecular complexity index is 614. The molecule has 1 amide bonds. The van der Waals surface area contributed by atoms with E-state index < -0.39 is 0 Å². The van der Waals surface area contributed by atoms with Crippen molar-refractivity contribution in [2.75, 3.05) is 19.6 Å². The third kappa shape index (κ3) is 5.23. The van der Waals surface area contributed by atoms with Crippen LogP contribution in [0.25, 0.3) is 5.82 Å². The van der Waals surface area contributed by atoms with Crippen LogP contribution in [0.3, 0.4) is 0 Å². The number of amides is 1. The summed E-state index contributed by atoms with van der Waals surface area (Å²) in [6.45, 7) is 8.28. The molecule has 0 aliphatic rings. The monoisotopic (exact) mass is 358 g/mol. The van der Waals surface area contributed by atoms with Crippen molar-refractivity contribution in [3.8, 4) is 5.82 Å². The maximum Gasteiger partial charge on any atom is 0.253 e. The molecule has 2 aromatic rings. The number of halogens is 2. The molecule has 0 fully saturated rings. The molecule has 0 aromatic carbocycles. The Hall–Kier alpha value is -1.56. The molecule has 2 rings (SSSR count). The minimum absolute atomic E-state index is 0. The molecule has 0 spiro atoms. The molecule has 23 heavy (non-hydrogen) atoms.